The minimum atomic E-state index is -0.947. The Balaban J connectivity index is 1.25. The maximum atomic E-state index is 15.4. The molecule has 0 aliphatic rings. The number of methoxy groups -OCH3 is 2. The third-order valence-electron chi connectivity index (χ3n) is 7.69. The van der Waals surface area contributed by atoms with Crippen molar-refractivity contribution in [3.8, 4) is 28.7 Å². The molecule has 1 N–H and O–H groups in total. The molecule has 0 spiro atoms. The van der Waals surface area contributed by atoms with Gasteiger partial charge in [-0.1, -0.05) is 30.3 Å². The minimum Gasteiger partial charge on any atom is -0.493 e. The second-order valence-corrected chi connectivity index (χ2v) is 10.9. The lowest BCUT2D eigenvalue weighted by Crippen LogP contribution is -2.42. The van der Waals surface area contributed by atoms with E-state index in [1.807, 2.05) is 30.3 Å². The van der Waals surface area contributed by atoms with Crippen molar-refractivity contribution in [2.24, 2.45) is 0 Å². The van der Waals surface area contributed by atoms with Crippen LogP contribution in [0.3, 0.4) is 0 Å². The van der Waals surface area contributed by atoms with E-state index in [0.29, 0.717) is 28.2 Å². The van der Waals surface area contributed by atoms with E-state index < -0.39 is 34.4 Å². The lowest BCUT2D eigenvalue weighted by atomic mass is 10.1. The average Bonchev–Trinajstić information content (AvgIpc) is 3.12. The molecular formula is C37H30F2N4O7. The van der Waals surface area contributed by atoms with Crippen molar-refractivity contribution >= 4 is 22.5 Å². The van der Waals surface area contributed by atoms with Gasteiger partial charge < -0.3 is 24.3 Å². The highest BCUT2D eigenvalue weighted by atomic mass is 19.1. The minimum absolute atomic E-state index is 0.00354. The number of carbonyl (C=O) groups is 1. The van der Waals surface area contributed by atoms with Gasteiger partial charge >= 0.3 is 5.69 Å². The first-order chi connectivity index (χ1) is 24.2. The summed E-state index contributed by atoms with van der Waals surface area (Å²) in [5, 5.41) is 3.06. The first kappa shape index (κ1) is 33.6. The average molecular weight is 681 g/mol. The summed E-state index contributed by atoms with van der Waals surface area (Å²) >= 11 is 0. The van der Waals surface area contributed by atoms with Crippen LogP contribution in [0.15, 0.2) is 113 Å². The largest absolute Gasteiger partial charge is 0.493 e. The van der Waals surface area contributed by atoms with E-state index in [1.165, 1.54) is 44.7 Å². The number of hydrogen-bond acceptors (Lipinski definition) is 8. The van der Waals surface area contributed by atoms with Crippen LogP contribution >= 0.6 is 0 Å². The van der Waals surface area contributed by atoms with Crippen molar-refractivity contribution in [1.82, 2.24) is 14.1 Å². The van der Waals surface area contributed by atoms with Gasteiger partial charge in [-0.05, 0) is 54.1 Å². The molecule has 0 aliphatic heterocycles. The van der Waals surface area contributed by atoms with E-state index in [4.69, 9.17) is 18.9 Å². The zero-order valence-corrected chi connectivity index (χ0v) is 26.9. The maximum Gasteiger partial charge on any atom is 0.335 e. The summed E-state index contributed by atoms with van der Waals surface area (Å²) in [6.45, 7) is 0.361. The molecule has 0 saturated heterocycles. The molecule has 4 aromatic carbocycles. The number of aromatic nitrogens is 3. The van der Waals surface area contributed by atoms with Crippen LogP contribution in [-0.4, -0.2) is 40.9 Å². The Morgan fingerprint density at radius 2 is 1.58 bits per heavy atom. The van der Waals surface area contributed by atoms with Crippen LogP contribution in [0, 0.1) is 11.6 Å². The summed E-state index contributed by atoms with van der Waals surface area (Å²) in [4.78, 5) is 44.8. The van der Waals surface area contributed by atoms with Crippen LogP contribution in [0.5, 0.6) is 23.0 Å². The zero-order valence-electron chi connectivity index (χ0n) is 26.9. The molecule has 13 heteroatoms. The van der Waals surface area contributed by atoms with Gasteiger partial charge in [0.25, 0.3) is 11.5 Å². The van der Waals surface area contributed by atoms with Gasteiger partial charge in [-0.3, -0.25) is 19.1 Å². The lowest BCUT2D eigenvalue weighted by molar-refractivity contribution is 0.102. The van der Waals surface area contributed by atoms with Crippen LogP contribution in [0.25, 0.3) is 16.6 Å². The van der Waals surface area contributed by atoms with E-state index >= 15 is 4.39 Å². The van der Waals surface area contributed by atoms with Crippen molar-refractivity contribution in [1.29, 1.82) is 0 Å². The van der Waals surface area contributed by atoms with Gasteiger partial charge in [0.2, 0.25) is 0 Å². The fourth-order valence-corrected chi connectivity index (χ4v) is 5.18. The summed E-state index contributed by atoms with van der Waals surface area (Å²) < 4.78 is 53.3. The summed E-state index contributed by atoms with van der Waals surface area (Å²) in [6, 6.07) is 22.7. The van der Waals surface area contributed by atoms with E-state index in [0.717, 1.165) is 39.1 Å². The summed E-state index contributed by atoms with van der Waals surface area (Å²) in [6.07, 6.45) is 2.63. The smallest absolute Gasteiger partial charge is 0.335 e. The Labute approximate surface area is 283 Å². The van der Waals surface area contributed by atoms with E-state index in [9.17, 15) is 18.8 Å². The van der Waals surface area contributed by atoms with Gasteiger partial charge in [-0.15, -0.1) is 0 Å². The number of pyridine rings is 1. The monoisotopic (exact) mass is 680 g/mol. The van der Waals surface area contributed by atoms with Gasteiger partial charge in [0, 0.05) is 35.6 Å². The van der Waals surface area contributed by atoms with Gasteiger partial charge in [-0.25, -0.2) is 18.1 Å². The molecule has 0 saturated carbocycles. The zero-order chi connectivity index (χ0) is 35.2. The van der Waals surface area contributed by atoms with Crippen LogP contribution in [0.1, 0.15) is 15.9 Å². The van der Waals surface area contributed by atoms with Crippen molar-refractivity contribution in [2.45, 2.75) is 13.2 Å². The van der Waals surface area contributed by atoms with Crippen LogP contribution in [0.4, 0.5) is 14.5 Å². The van der Waals surface area contributed by atoms with Gasteiger partial charge in [0.05, 0.1) is 45.2 Å². The number of halogens is 2. The fourth-order valence-electron chi connectivity index (χ4n) is 5.18. The number of fused-ring (bicyclic) bond motifs is 1. The first-order valence-corrected chi connectivity index (χ1v) is 15.3. The first-order valence-electron chi connectivity index (χ1n) is 15.3. The Bertz CT molecular complexity index is 2290. The van der Waals surface area contributed by atoms with Gasteiger partial charge in [-0.2, -0.15) is 0 Å². The number of ether oxygens (including phenoxy) is 4. The third kappa shape index (κ3) is 7.22. The predicted molar refractivity (Wildman–Crippen MR) is 182 cm³/mol. The van der Waals surface area contributed by atoms with Crippen LogP contribution < -0.4 is 30.8 Å². The van der Waals surface area contributed by atoms with E-state index in [2.05, 4.69) is 10.3 Å². The predicted octanol–water partition coefficient (Wildman–Crippen LogP) is 6.10. The Hall–Kier alpha value is -6.34. The van der Waals surface area contributed by atoms with Crippen LogP contribution in [-0.2, 0) is 17.9 Å². The Morgan fingerprint density at radius 1 is 0.840 bits per heavy atom. The fraction of sp³-hybridized carbons (Fsp3) is 0.135. The number of nitrogens with one attached hydrogen (secondary N) is 1. The maximum absolute atomic E-state index is 15.4. The number of carbonyl (C=O) groups excluding carboxylic acids is 1. The lowest BCUT2D eigenvalue weighted by Gasteiger charge is -2.14. The summed E-state index contributed by atoms with van der Waals surface area (Å²) in [5.41, 5.74) is -0.587. The molecule has 50 heavy (non-hydrogen) atoms. The van der Waals surface area contributed by atoms with E-state index in [1.54, 1.807) is 18.2 Å². The third-order valence-corrected chi connectivity index (χ3v) is 7.69. The molecule has 11 nitrogen and oxygen atoms in total. The number of benzene rings is 4. The quantitative estimate of drug-likeness (QED) is 0.154. The molecule has 0 fully saturated rings. The summed E-state index contributed by atoms with van der Waals surface area (Å²) in [5.74, 6) is -1.24. The number of rotatable bonds is 12. The molecule has 0 bridgehead atoms. The molecule has 2 aromatic heterocycles. The standard InChI is InChI=1S/C37H30F2N4O7/c1-47-33-19-27-30(20-34(33)48-2)40-15-14-31(27)50-32-13-10-25(18-29(32)39)41-35(44)28-21-42(16-17-49-22-23-6-4-3-5-7-23)37(46)43(36(28)45)26-11-8-24(38)9-12-26/h3-15,18-21H,16-17,22H2,1-2H3,(H,41,44). The topological polar surface area (TPSA) is 123 Å². The number of hydrogen-bond donors (Lipinski definition) is 1. The number of amides is 1. The molecule has 1 amide bonds. The Morgan fingerprint density at radius 3 is 2.30 bits per heavy atom. The number of anilines is 1. The highest BCUT2D eigenvalue weighted by Crippen LogP contribution is 2.37. The summed E-state index contributed by atoms with van der Waals surface area (Å²) in [7, 11) is 2.99. The van der Waals surface area contributed by atoms with Gasteiger partial charge in [0.1, 0.15) is 17.1 Å². The second-order valence-electron chi connectivity index (χ2n) is 10.9. The van der Waals surface area contributed by atoms with Crippen molar-refractivity contribution in [3.05, 3.63) is 147 Å². The molecule has 2 heterocycles. The molecule has 0 atom stereocenters. The highest BCUT2D eigenvalue weighted by molar-refractivity contribution is 6.04. The molecule has 6 aromatic rings. The number of nitrogens with zero attached hydrogens (tertiary/aromatic N) is 3. The second kappa shape index (κ2) is 14.8. The molecule has 6 rings (SSSR count). The molecule has 254 valence electrons. The van der Waals surface area contributed by atoms with Gasteiger partial charge in [0.15, 0.2) is 23.1 Å². The SMILES string of the molecule is COc1cc2nccc(Oc3ccc(NC(=O)c4cn(CCOCc5ccccc5)c(=O)n(-c5ccc(F)cc5)c4=O)cc3F)c2cc1OC. The molecule has 0 unspecified atom stereocenters. The van der Waals surface area contributed by atoms with E-state index in [-0.39, 0.29) is 36.9 Å². The van der Waals surface area contributed by atoms with Crippen molar-refractivity contribution in [3.63, 3.8) is 0 Å². The van der Waals surface area contributed by atoms with Crippen molar-refractivity contribution < 1.29 is 32.5 Å². The van der Waals surface area contributed by atoms with Crippen LogP contribution in [0.2, 0.25) is 0 Å². The highest BCUT2D eigenvalue weighted by Gasteiger charge is 2.20. The molecular weight excluding hydrogens is 650 g/mol. The molecule has 0 aliphatic carbocycles. The Kier molecular flexibility index (Phi) is 9.95. The van der Waals surface area contributed by atoms with Crippen molar-refractivity contribution in [2.75, 3.05) is 26.1 Å². The normalized spacial score (nSPS) is 11.0. The molecule has 0 radical (unpaired) electrons.